The van der Waals surface area contributed by atoms with E-state index in [0.717, 1.165) is 18.5 Å². The van der Waals surface area contributed by atoms with E-state index in [1.807, 2.05) is 0 Å². The maximum atomic E-state index is 11.9. The van der Waals surface area contributed by atoms with Crippen molar-refractivity contribution in [3.63, 3.8) is 0 Å². The van der Waals surface area contributed by atoms with Gasteiger partial charge in [-0.15, -0.1) is 0 Å². The van der Waals surface area contributed by atoms with Crippen LogP contribution in [0.1, 0.15) is 38.5 Å². The van der Waals surface area contributed by atoms with Crippen molar-refractivity contribution in [2.24, 2.45) is 11.1 Å². The lowest BCUT2D eigenvalue weighted by molar-refractivity contribution is -0.118. The third kappa shape index (κ3) is 3.06. The molecule has 1 heterocycles. The van der Waals surface area contributed by atoms with Gasteiger partial charge in [-0.25, -0.2) is 0 Å². The molecule has 1 fully saturated rings. The van der Waals surface area contributed by atoms with Gasteiger partial charge in [0.05, 0.1) is 11.9 Å². The molecule has 0 radical (unpaired) electrons. The third-order valence-corrected chi connectivity index (χ3v) is 3.66. The molecule has 1 aliphatic carbocycles. The number of anilines is 1. The number of aromatic amines is 1. The largest absolute Gasteiger partial charge is 0.330 e. The molecule has 4 N–H and O–H groups in total. The molecule has 5 heteroatoms. The van der Waals surface area contributed by atoms with Crippen molar-refractivity contribution in [2.45, 2.75) is 38.5 Å². The highest BCUT2D eigenvalue weighted by atomic mass is 16.1. The SMILES string of the molecule is NCC1(CC(=O)Nc2cn[nH]c2)CCCCC1. The molecule has 0 atom stereocenters. The van der Waals surface area contributed by atoms with Gasteiger partial charge in [0, 0.05) is 12.6 Å². The Morgan fingerprint density at radius 3 is 2.82 bits per heavy atom. The van der Waals surface area contributed by atoms with Crippen LogP contribution in [0.2, 0.25) is 0 Å². The van der Waals surface area contributed by atoms with E-state index in [-0.39, 0.29) is 11.3 Å². The highest BCUT2D eigenvalue weighted by Crippen LogP contribution is 2.38. The van der Waals surface area contributed by atoms with Gasteiger partial charge in [0.25, 0.3) is 0 Å². The molecule has 1 aromatic rings. The normalized spacial score (nSPS) is 18.9. The fourth-order valence-corrected chi connectivity index (χ4v) is 2.62. The third-order valence-electron chi connectivity index (χ3n) is 3.66. The number of hydrogen-bond donors (Lipinski definition) is 3. The van der Waals surface area contributed by atoms with E-state index >= 15 is 0 Å². The minimum absolute atomic E-state index is 0.0199. The quantitative estimate of drug-likeness (QED) is 0.743. The average Bonchev–Trinajstić information content (AvgIpc) is 2.83. The Morgan fingerprint density at radius 1 is 1.47 bits per heavy atom. The van der Waals surface area contributed by atoms with Crippen LogP contribution < -0.4 is 11.1 Å². The summed E-state index contributed by atoms with van der Waals surface area (Å²) in [4.78, 5) is 11.9. The molecule has 0 bridgehead atoms. The van der Waals surface area contributed by atoms with Crippen LogP contribution in [0.25, 0.3) is 0 Å². The molecular formula is C12H20N4O. The number of nitrogens with one attached hydrogen (secondary N) is 2. The van der Waals surface area contributed by atoms with Gasteiger partial charge in [-0.3, -0.25) is 9.89 Å². The van der Waals surface area contributed by atoms with Crippen molar-refractivity contribution in [1.82, 2.24) is 10.2 Å². The van der Waals surface area contributed by atoms with E-state index in [0.29, 0.717) is 13.0 Å². The Kier molecular flexibility index (Phi) is 3.78. The van der Waals surface area contributed by atoms with Gasteiger partial charge >= 0.3 is 0 Å². The highest BCUT2D eigenvalue weighted by molar-refractivity contribution is 5.90. The lowest BCUT2D eigenvalue weighted by Gasteiger charge is -2.35. The molecule has 1 amide bonds. The molecule has 17 heavy (non-hydrogen) atoms. The number of carbonyl (C=O) groups is 1. The Hall–Kier alpha value is -1.36. The fraction of sp³-hybridized carbons (Fsp3) is 0.667. The zero-order chi connectivity index (χ0) is 12.1. The van der Waals surface area contributed by atoms with Crippen molar-refractivity contribution >= 4 is 11.6 Å². The summed E-state index contributed by atoms with van der Waals surface area (Å²) in [5.74, 6) is 0.0405. The molecule has 0 spiro atoms. The number of amides is 1. The van der Waals surface area contributed by atoms with Gasteiger partial charge in [0.2, 0.25) is 5.91 Å². The summed E-state index contributed by atoms with van der Waals surface area (Å²) < 4.78 is 0. The van der Waals surface area contributed by atoms with Gasteiger partial charge in [-0.05, 0) is 24.8 Å². The summed E-state index contributed by atoms with van der Waals surface area (Å²) in [5.41, 5.74) is 6.60. The number of nitrogens with two attached hydrogens (primary N) is 1. The van der Waals surface area contributed by atoms with E-state index in [1.54, 1.807) is 12.4 Å². The first kappa shape index (κ1) is 12.1. The molecular weight excluding hydrogens is 216 g/mol. The van der Waals surface area contributed by atoms with E-state index in [1.165, 1.54) is 19.3 Å². The minimum Gasteiger partial charge on any atom is -0.330 e. The van der Waals surface area contributed by atoms with E-state index in [2.05, 4.69) is 15.5 Å². The second-order valence-corrected chi connectivity index (χ2v) is 4.98. The Bertz CT molecular complexity index is 355. The lowest BCUT2D eigenvalue weighted by Crippen LogP contribution is -2.36. The summed E-state index contributed by atoms with van der Waals surface area (Å²) in [6.07, 6.45) is 9.60. The molecule has 0 saturated heterocycles. The molecule has 2 rings (SSSR count). The number of H-pyrrole nitrogens is 1. The van der Waals surface area contributed by atoms with E-state index in [9.17, 15) is 4.79 Å². The number of carbonyl (C=O) groups excluding carboxylic acids is 1. The minimum atomic E-state index is 0.0199. The van der Waals surface area contributed by atoms with Crippen molar-refractivity contribution in [3.8, 4) is 0 Å². The second-order valence-electron chi connectivity index (χ2n) is 4.98. The average molecular weight is 236 g/mol. The Balaban J connectivity index is 1.91. The Labute approximate surface area is 101 Å². The molecule has 1 aliphatic rings. The predicted octanol–water partition coefficient (Wildman–Crippen LogP) is 1.65. The second kappa shape index (κ2) is 5.31. The number of rotatable bonds is 4. The molecule has 1 saturated carbocycles. The van der Waals surface area contributed by atoms with Gasteiger partial charge in [0.15, 0.2) is 0 Å². The summed E-state index contributed by atoms with van der Waals surface area (Å²) in [5, 5.41) is 9.31. The maximum absolute atomic E-state index is 11.9. The van der Waals surface area contributed by atoms with Crippen LogP contribution in [0.4, 0.5) is 5.69 Å². The monoisotopic (exact) mass is 236 g/mol. The molecule has 0 unspecified atom stereocenters. The van der Waals surface area contributed by atoms with Crippen LogP contribution in [0.3, 0.4) is 0 Å². The number of nitrogens with zero attached hydrogens (tertiary/aromatic N) is 1. The highest BCUT2D eigenvalue weighted by Gasteiger charge is 2.32. The predicted molar refractivity (Wildman–Crippen MR) is 66.4 cm³/mol. The van der Waals surface area contributed by atoms with Crippen LogP contribution in [-0.4, -0.2) is 22.6 Å². The van der Waals surface area contributed by atoms with E-state index in [4.69, 9.17) is 5.73 Å². The van der Waals surface area contributed by atoms with Gasteiger partial charge in [-0.2, -0.15) is 5.10 Å². The van der Waals surface area contributed by atoms with Gasteiger partial charge in [0.1, 0.15) is 0 Å². The summed E-state index contributed by atoms with van der Waals surface area (Å²) in [6, 6.07) is 0. The topological polar surface area (TPSA) is 83.8 Å². The molecule has 0 aliphatic heterocycles. The van der Waals surface area contributed by atoms with Gasteiger partial charge < -0.3 is 11.1 Å². The summed E-state index contributed by atoms with van der Waals surface area (Å²) in [6.45, 7) is 0.603. The van der Waals surface area contributed by atoms with Crippen molar-refractivity contribution in [3.05, 3.63) is 12.4 Å². The first-order valence-electron chi connectivity index (χ1n) is 6.23. The first-order chi connectivity index (χ1) is 8.24. The standard InChI is InChI=1S/C12H20N4O/c13-9-12(4-2-1-3-5-12)6-11(17)16-10-7-14-15-8-10/h7-8H,1-6,9,13H2,(H,14,15)(H,16,17). The number of hydrogen-bond acceptors (Lipinski definition) is 3. The van der Waals surface area contributed by atoms with Crippen molar-refractivity contribution in [1.29, 1.82) is 0 Å². The van der Waals surface area contributed by atoms with Crippen LogP contribution in [0, 0.1) is 5.41 Å². The zero-order valence-corrected chi connectivity index (χ0v) is 10.0. The smallest absolute Gasteiger partial charge is 0.225 e. The van der Waals surface area contributed by atoms with Crippen LogP contribution in [0.5, 0.6) is 0 Å². The summed E-state index contributed by atoms with van der Waals surface area (Å²) >= 11 is 0. The molecule has 5 nitrogen and oxygen atoms in total. The van der Waals surface area contributed by atoms with Crippen LogP contribution in [0.15, 0.2) is 12.4 Å². The molecule has 1 aromatic heterocycles. The van der Waals surface area contributed by atoms with Gasteiger partial charge in [-0.1, -0.05) is 19.3 Å². The zero-order valence-electron chi connectivity index (χ0n) is 10.0. The van der Waals surface area contributed by atoms with Crippen molar-refractivity contribution < 1.29 is 4.79 Å². The first-order valence-corrected chi connectivity index (χ1v) is 6.23. The van der Waals surface area contributed by atoms with E-state index < -0.39 is 0 Å². The number of aromatic nitrogens is 2. The maximum Gasteiger partial charge on any atom is 0.225 e. The lowest BCUT2D eigenvalue weighted by atomic mass is 9.71. The molecule has 0 aromatic carbocycles. The van der Waals surface area contributed by atoms with Crippen LogP contribution >= 0.6 is 0 Å². The van der Waals surface area contributed by atoms with Crippen molar-refractivity contribution in [2.75, 3.05) is 11.9 Å². The van der Waals surface area contributed by atoms with Crippen LogP contribution in [-0.2, 0) is 4.79 Å². The fourth-order valence-electron chi connectivity index (χ4n) is 2.62. The Morgan fingerprint density at radius 2 is 2.24 bits per heavy atom. The molecule has 94 valence electrons. The summed E-state index contributed by atoms with van der Waals surface area (Å²) in [7, 11) is 0.